The van der Waals surface area contributed by atoms with Crippen LogP contribution in [-0.4, -0.2) is 23.0 Å². The molecule has 4 N–H and O–H groups in total. The Balaban J connectivity index is 2.07. The summed E-state index contributed by atoms with van der Waals surface area (Å²) in [5, 5.41) is 12.4. The molecule has 0 saturated carbocycles. The summed E-state index contributed by atoms with van der Waals surface area (Å²) in [4.78, 5) is 23.8. The second kappa shape index (κ2) is 8.70. The highest BCUT2D eigenvalue weighted by molar-refractivity contribution is 14.1. The molecular formula is C18H16F3IN2O3. The number of carbonyl (C=O) groups is 2. The van der Waals surface area contributed by atoms with Crippen LogP contribution < -0.4 is 11.1 Å². The highest BCUT2D eigenvalue weighted by atomic mass is 127. The van der Waals surface area contributed by atoms with E-state index < -0.39 is 35.7 Å². The topological polar surface area (TPSA) is 92.4 Å². The van der Waals surface area contributed by atoms with E-state index in [9.17, 15) is 27.9 Å². The summed E-state index contributed by atoms with van der Waals surface area (Å²) < 4.78 is 38.7. The Bertz CT molecular complexity index is 808. The highest BCUT2D eigenvalue weighted by Crippen LogP contribution is 2.30. The average molecular weight is 492 g/mol. The molecule has 0 fully saturated rings. The zero-order valence-corrected chi connectivity index (χ0v) is 16.0. The second-order valence-corrected chi connectivity index (χ2v) is 7.06. The van der Waals surface area contributed by atoms with Crippen LogP contribution in [0.1, 0.15) is 22.8 Å². The average Bonchev–Trinajstić information content (AvgIpc) is 2.61. The molecule has 2 amide bonds. The third-order valence-corrected chi connectivity index (χ3v) is 4.53. The maximum atomic E-state index is 12.6. The Morgan fingerprint density at radius 2 is 1.63 bits per heavy atom. The van der Waals surface area contributed by atoms with Crippen LogP contribution in [0.25, 0.3) is 0 Å². The minimum Gasteiger partial charge on any atom is -0.378 e. The molecule has 0 aromatic heterocycles. The van der Waals surface area contributed by atoms with E-state index in [1.807, 2.05) is 12.1 Å². The molecule has 144 valence electrons. The van der Waals surface area contributed by atoms with Gasteiger partial charge in [0.15, 0.2) is 6.10 Å². The van der Waals surface area contributed by atoms with Crippen molar-refractivity contribution in [3.8, 4) is 0 Å². The van der Waals surface area contributed by atoms with Crippen molar-refractivity contribution in [2.45, 2.75) is 24.7 Å². The molecule has 0 aliphatic carbocycles. The van der Waals surface area contributed by atoms with Crippen molar-refractivity contribution in [1.29, 1.82) is 0 Å². The lowest BCUT2D eigenvalue weighted by molar-refractivity contribution is -0.137. The number of aliphatic hydroxyl groups excluding tert-OH is 1. The zero-order valence-electron chi connectivity index (χ0n) is 13.8. The highest BCUT2D eigenvalue weighted by Gasteiger charge is 2.31. The van der Waals surface area contributed by atoms with Crippen molar-refractivity contribution in [3.05, 3.63) is 68.8 Å². The van der Waals surface area contributed by atoms with Gasteiger partial charge in [-0.1, -0.05) is 24.3 Å². The first-order valence-corrected chi connectivity index (χ1v) is 8.85. The van der Waals surface area contributed by atoms with Gasteiger partial charge in [-0.25, -0.2) is 0 Å². The van der Waals surface area contributed by atoms with E-state index in [2.05, 4.69) is 27.9 Å². The largest absolute Gasteiger partial charge is 0.416 e. The molecule has 0 radical (unpaired) electrons. The smallest absolute Gasteiger partial charge is 0.378 e. The van der Waals surface area contributed by atoms with Crippen molar-refractivity contribution >= 4 is 34.4 Å². The molecule has 27 heavy (non-hydrogen) atoms. The lowest BCUT2D eigenvalue weighted by Crippen LogP contribution is -2.47. The fourth-order valence-electron chi connectivity index (χ4n) is 2.34. The van der Waals surface area contributed by atoms with Gasteiger partial charge in [-0.2, -0.15) is 13.2 Å². The number of nitrogens with two attached hydrogens (primary N) is 1. The van der Waals surface area contributed by atoms with E-state index in [0.717, 1.165) is 33.4 Å². The minimum absolute atomic E-state index is 0.0296. The predicted molar refractivity (Wildman–Crippen MR) is 100 cm³/mol. The Labute approximate surface area is 166 Å². The molecule has 0 aliphatic heterocycles. The van der Waals surface area contributed by atoms with Crippen LogP contribution in [0, 0.1) is 3.57 Å². The van der Waals surface area contributed by atoms with Crippen molar-refractivity contribution in [3.63, 3.8) is 0 Å². The standard InChI is InChI=1S/C18H16F3IN2O3/c19-18(20,21)12-5-3-11(4-6-12)15(25)17(27)24-14(16(23)26)9-10-1-7-13(22)8-2-10/h1-8,14-15,25H,9H2,(H2,23,26)(H,24,27)/t14-,15+/m1/s1. The molecule has 0 unspecified atom stereocenters. The van der Waals surface area contributed by atoms with Crippen LogP contribution in [0.2, 0.25) is 0 Å². The molecule has 2 aromatic rings. The van der Waals surface area contributed by atoms with Gasteiger partial charge in [-0.3, -0.25) is 9.59 Å². The summed E-state index contributed by atoms with van der Waals surface area (Å²) in [5.74, 6) is -1.72. The van der Waals surface area contributed by atoms with Gasteiger partial charge < -0.3 is 16.2 Å². The molecule has 0 bridgehead atoms. The number of aliphatic hydroxyl groups is 1. The van der Waals surface area contributed by atoms with Crippen LogP contribution in [0.15, 0.2) is 48.5 Å². The Morgan fingerprint density at radius 1 is 1.07 bits per heavy atom. The Hall–Kier alpha value is -2.14. The van der Waals surface area contributed by atoms with E-state index >= 15 is 0 Å². The number of alkyl halides is 3. The van der Waals surface area contributed by atoms with Crippen molar-refractivity contribution in [2.24, 2.45) is 5.73 Å². The van der Waals surface area contributed by atoms with E-state index in [0.29, 0.717) is 0 Å². The van der Waals surface area contributed by atoms with Gasteiger partial charge in [0.2, 0.25) is 5.91 Å². The number of benzene rings is 2. The van der Waals surface area contributed by atoms with Crippen LogP contribution in [-0.2, 0) is 22.2 Å². The molecule has 5 nitrogen and oxygen atoms in total. The number of rotatable bonds is 6. The van der Waals surface area contributed by atoms with Crippen molar-refractivity contribution < 1.29 is 27.9 Å². The van der Waals surface area contributed by atoms with Crippen molar-refractivity contribution in [1.82, 2.24) is 5.32 Å². The monoisotopic (exact) mass is 492 g/mol. The number of halogens is 4. The van der Waals surface area contributed by atoms with Gasteiger partial charge in [0, 0.05) is 9.99 Å². The molecule has 2 rings (SSSR count). The van der Waals surface area contributed by atoms with Crippen LogP contribution in [0.4, 0.5) is 13.2 Å². The normalized spacial score (nSPS) is 13.7. The SMILES string of the molecule is NC(=O)[C@@H](Cc1ccc(I)cc1)NC(=O)[C@@H](O)c1ccc(C(F)(F)F)cc1. The molecule has 2 aromatic carbocycles. The Morgan fingerprint density at radius 3 is 2.11 bits per heavy atom. The van der Waals surface area contributed by atoms with Gasteiger partial charge in [0.1, 0.15) is 6.04 Å². The number of hydrogen-bond acceptors (Lipinski definition) is 3. The van der Waals surface area contributed by atoms with E-state index in [4.69, 9.17) is 5.73 Å². The Kier molecular flexibility index (Phi) is 6.82. The fourth-order valence-corrected chi connectivity index (χ4v) is 2.69. The van der Waals surface area contributed by atoms with Gasteiger partial charge in [-0.15, -0.1) is 0 Å². The first-order chi connectivity index (χ1) is 12.6. The molecule has 0 aliphatic rings. The quantitative estimate of drug-likeness (QED) is 0.542. The zero-order chi connectivity index (χ0) is 20.2. The fraction of sp³-hybridized carbons (Fsp3) is 0.222. The molecule has 2 atom stereocenters. The summed E-state index contributed by atoms with van der Waals surface area (Å²) in [5.41, 5.74) is 5.14. The third kappa shape index (κ3) is 5.93. The molecule has 0 spiro atoms. The number of primary amides is 1. The number of hydrogen-bond donors (Lipinski definition) is 3. The third-order valence-electron chi connectivity index (χ3n) is 3.82. The van der Waals surface area contributed by atoms with Gasteiger partial charge >= 0.3 is 6.18 Å². The van der Waals surface area contributed by atoms with Crippen molar-refractivity contribution in [2.75, 3.05) is 0 Å². The predicted octanol–water partition coefficient (Wildman–Crippen LogP) is 2.56. The molecule has 0 heterocycles. The summed E-state index contributed by atoms with van der Waals surface area (Å²) in [6.45, 7) is 0. The number of amides is 2. The van der Waals surface area contributed by atoms with Crippen LogP contribution in [0.3, 0.4) is 0 Å². The first kappa shape index (κ1) is 21.2. The summed E-state index contributed by atoms with van der Waals surface area (Å²) in [6, 6.07) is 9.68. The maximum absolute atomic E-state index is 12.6. The van der Waals surface area contributed by atoms with E-state index in [-0.39, 0.29) is 12.0 Å². The van der Waals surface area contributed by atoms with E-state index in [1.165, 1.54) is 0 Å². The van der Waals surface area contributed by atoms with E-state index in [1.54, 1.807) is 12.1 Å². The summed E-state index contributed by atoms with van der Waals surface area (Å²) in [6.07, 6.45) is -6.13. The molecule has 9 heteroatoms. The van der Waals surface area contributed by atoms with Gasteiger partial charge in [0.25, 0.3) is 5.91 Å². The van der Waals surface area contributed by atoms with Gasteiger partial charge in [-0.05, 0) is 58.0 Å². The molecular weight excluding hydrogens is 476 g/mol. The summed E-state index contributed by atoms with van der Waals surface area (Å²) >= 11 is 2.12. The summed E-state index contributed by atoms with van der Waals surface area (Å²) in [7, 11) is 0. The minimum atomic E-state index is -4.52. The van der Waals surface area contributed by atoms with Crippen LogP contribution >= 0.6 is 22.6 Å². The lowest BCUT2D eigenvalue weighted by atomic mass is 10.0. The maximum Gasteiger partial charge on any atom is 0.416 e. The second-order valence-electron chi connectivity index (χ2n) is 5.82. The number of carbonyl (C=O) groups excluding carboxylic acids is 2. The number of nitrogens with one attached hydrogen (secondary N) is 1. The first-order valence-electron chi connectivity index (χ1n) is 7.77. The molecule has 0 saturated heterocycles. The van der Waals surface area contributed by atoms with Gasteiger partial charge in [0.05, 0.1) is 5.56 Å². The lowest BCUT2D eigenvalue weighted by Gasteiger charge is -2.19. The van der Waals surface area contributed by atoms with Crippen LogP contribution in [0.5, 0.6) is 0 Å².